The third kappa shape index (κ3) is 4.91. The van der Waals surface area contributed by atoms with Crippen LogP contribution in [0.5, 0.6) is 0 Å². The fourth-order valence-electron chi connectivity index (χ4n) is 1.96. The predicted octanol–water partition coefficient (Wildman–Crippen LogP) is 3.32. The number of nitrogens with one attached hydrogen (secondary N) is 2. The highest BCUT2D eigenvalue weighted by Gasteiger charge is 2.21. The molecule has 0 spiro atoms. The number of benzene rings is 2. The number of hydrogen-bond acceptors (Lipinski definition) is 6. The van der Waals surface area contributed by atoms with Crippen LogP contribution in [0.4, 0.5) is 17.1 Å². The second-order valence-corrected chi connectivity index (χ2v) is 8.24. The topological polar surface area (TPSA) is 122 Å². The van der Waals surface area contributed by atoms with Gasteiger partial charge in [-0.25, -0.2) is 8.42 Å². The Morgan fingerprint density at radius 3 is 2.48 bits per heavy atom. The van der Waals surface area contributed by atoms with Crippen LogP contribution >= 0.6 is 31.9 Å². The zero-order valence-corrected chi connectivity index (χ0v) is 16.6. The molecular weight excluding hydrogens is 482 g/mol. The minimum absolute atomic E-state index is 0.00882. The van der Waals surface area contributed by atoms with Crippen LogP contribution in [-0.2, 0) is 10.0 Å². The van der Waals surface area contributed by atoms with Crippen LogP contribution in [0.15, 0.2) is 50.2 Å². The van der Waals surface area contributed by atoms with Crippen molar-refractivity contribution in [2.24, 2.45) is 0 Å². The van der Waals surface area contributed by atoms with E-state index < -0.39 is 14.9 Å². The highest BCUT2D eigenvalue weighted by atomic mass is 79.9. The summed E-state index contributed by atoms with van der Waals surface area (Å²) in [6.07, 6.45) is 0. The summed E-state index contributed by atoms with van der Waals surface area (Å²) in [5.41, 5.74) is 0.0597. The van der Waals surface area contributed by atoms with Gasteiger partial charge in [0.1, 0.15) is 4.90 Å². The van der Waals surface area contributed by atoms with Crippen molar-refractivity contribution in [3.8, 4) is 0 Å². The monoisotopic (exact) mass is 493 g/mol. The number of nitro benzene ring substituents is 1. The lowest BCUT2D eigenvalue weighted by atomic mass is 10.2. The number of anilines is 2. The third-order valence-electron chi connectivity index (χ3n) is 3.07. The molecule has 2 rings (SSSR count). The van der Waals surface area contributed by atoms with E-state index in [1.54, 1.807) is 12.1 Å². The highest BCUT2D eigenvalue weighted by molar-refractivity contribution is 9.11. The molecule has 0 aliphatic heterocycles. The van der Waals surface area contributed by atoms with Crippen molar-refractivity contribution in [2.75, 3.05) is 23.2 Å². The van der Waals surface area contributed by atoms with Crippen LogP contribution in [0.1, 0.15) is 0 Å². The molecule has 2 aromatic carbocycles. The molecule has 0 atom stereocenters. The highest BCUT2D eigenvalue weighted by Crippen LogP contribution is 2.32. The first-order valence-corrected chi connectivity index (χ1v) is 9.92. The van der Waals surface area contributed by atoms with Gasteiger partial charge in [0.05, 0.1) is 22.9 Å². The van der Waals surface area contributed by atoms with Gasteiger partial charge in [0, 0.05) is 27.6 Å². The molecule has 0 radical (unpaired) electrons. The maximum absolute atomic E-state index is 12.7. The normalized spacial score (nSPS) is 11.2. The molecule has 3 N–H and O–H groups in total. The van der Waals surface area contributed by atoms with E-state index in [0.29, 0.717) is 14.6 Å². The van der Waals surface area contributed by atoms with Gasteiger partial charge < -0.3 is 10.4 Å². The van der Waals surface area contributed by atoms with E-state index in [1.165, 1.54) is 18.2 Å². The fraction of sp³-hybridized carbons (Fsp3) is 0.143. The van der Waals surface area contributed by atoms with Gasteiger partial charge in [-0.1, -0.05) is 15.9 Å². The van der Waals surface area contributed by atoms with Crippen molar-refractivity contribution in [2.45, 2.75) is 4.90 Å². The Kier molecular flexibility index (Phi) is 6.38. The number of sulfonamides is 1. The van der Waals surface area contributed by atoms with Gasteiger partial charge in [0.2, 0.25) is 0 Å². The smallest absolute Gasteiger partial charge is 0.271 e. The van der Waals surface area contributed by atoms with Gasteiger partial charge in [-0.15, -0.1) is 0 Å². The summed E-state index contributed by atoms with van der Waals surface area (Å²) >= 11 is 6.39. The van der Waals surface area contributed by atoms with E-state index in [2.05, 4.69) is 41.9 Å². The quantitative estimate of drug-likeness (QED) is 0.401. The summed E-state index contributed by atoms with van der Waals surface area (Å²) in [5, 5.41) is 22.7. The van der Waals surface area contributed by atoms with Crippen molar-refractivity contribution < 1.29 is 18.4 Å². The minimum Gasteiger partial charge on any atom is -0.395 e. The molecule has 11 heteroatoms. The molecule has 0 fully saturated rings. The zero-order chi connectivity index (χ0) is 18.6. The van der Waals surface area contributed by atoms with Crippen molar-refractivity contribution in [1.82, 2.24) is 0 Å². The molecule has 8 nitrogen and oxygen atoms in total. The summed E-state index contributed by atoms with van der Waals surface area (Å²) in [6, 6.07) is 8.38. The molecule has 0 heterocycles. The van der Waals surface area contributed by atoms with E-state index >= 15 is 0 Å². The molecule has 0 aliphatic rings. The van der Waals surface area contributed by atoms with Crippen LogP contribution in [0.2, 0.25) is 0 Å². The molecule has 0 aromatic heterocycles. The number of aliphatic hydroxyl groups excluding tert-OH is 1. The zero-order valence-electron chi connectivity index (χ0n) is 12.6. The second-order valence-electron chi connectivity index (χ2n) is 4.82. The van der Waals surface area contributed by atoms with E-state index in [9.17, 15) is 18.5 Å². The summed E-state index contributed by atoms with van der Waals surface area (Å²) in [5.74, 6) is 0. The summed E-state index contributed by atoms with van der Waals surface area (Å²) < 4.78 is 28.6. The first kappa shape index (κ1) is 19.6. The Morgan fingerprint density at radius 2 is 1.84 bits per heavy atom. The number of halogens is 2. The van der Waals surface area contributed by atoms with Crippen LogP contribution in [-0.4, -0.2) is 31.6 Å². The van der Waals surface area contributed by atoms with Crippen molar-refractivity contribution in [3.63, 3.8) is 0 Å². The number of rotatable bonds is 7. The van der Waals surface area contributed by atoms with Crippen molar-refractivity contribution in [3.05, 3.63) is 55.5 Å². The Morgan fingerprint density at radius 1 is 1.12 bits per heavy atom. The first-order chi connectivity index (χ1) is 11.7. The molecule has 0 bridgehead atoms. The maximum atomic E-state index is 12.7. The maximum Gasteiger partial charge on any atom is 0.271 e. The van der Waals surface area contributed by atoms with Gasteiger partial charge in [0.25, 0.3) is 15.7 Å². The SMILES string of the molecule is O=[N+]([O-])c1ccc(NCCO)c(NS(=O)(=O)c2cc(Br)ccc2Br)c1. The fourth-order valence-corrected chi connectivity index (χ4v) is 4.53. The van der Waals surface area contributed by atoms with Gasteiger partial charge in [-0.3, -0.25) is 14.8 Å². The van der Waals surface area contributed by atoms with Gasteiger partial charge >= 0.3 is 0 Å². The Hall–Kier alpha value is -1.69. The largest absolute Gasteiger partial charge is 0.395 e. The lowest BCUT2D eigenvalue weighted by Crippen LogP contribution is -2.16. The van der Waals surface area contributed by atoms with Gasteiger partial charge in [0.15, 0.2) is 0 Å². The van der Waals surface area contributed by atoms with Crippen LogP contribution in [0.3, 0.4) is 0 Å². The second kappa shape index (κ2) is 8.13. The average Bonchev–Trinajstić information content (AvgIpc) is 2.55. The van der Waals surface area contributed by atoms with Crippen LogP contribution in [0.25, 0.3) is 0 Å². The molecule has 0 saturated heterocycles. The summed E-state index contributed by atoms with van der Waals surface area (Å²) in [7, 11) is -4.01. The van der Waals surface area contributed by atoms with E-state index in [4.69, 9.17) is 5.11 Å². The lowest BCUT2D eigenvalue weighted by molar-refractivity contribution is -0.384. The Balaban J connectivity index is 2.47. The van der Waals surface area contributed by atoms with Crippen LogP contribution < -0.4 is 10.0 Å². The number of non-ortho nitro benzene ring substituents is 1. The number of nitrogens with zero attached hydrogens (tertiary/aromatic N) is 1. The molecule has 0 aliphatic carbocycles. The van der Waals surface area contributed by atoms with E-state index in [-0.39, 0.29) is 29.4 Å². The van der Waals surface area contributed by atoms with Crippen LogP contribution in [0, 0.1) is 10.1 Å². The molecular formula is C14H13Br2N3O5S. The number of nitro groups is 1. The number of aliphatic hydroxyl groups is 1. The standard InChI is InChI=1S/C14H13Br2N3O5S/c15-9-1-3-11(16)14(7-9)25(23,24)18-13-8-10(19(21)22)2-4-12(13)17-5-6-20/h1-4,7-8,17-18,20H,5-6H2. The Labute approximate surface area is 160 Å². The van der Waals surface area contributed by atoms with E-state index in [1.807, 2.05) is 0 Å². The van der Waals surface area contributed by atoms with Gasteiger partial charge in [-0.05, 0) is 40.2 Å². The molecule has 134 valence electrons. The lowest BCUT2D eigenvalue weighted by Gasteiger charge is -2.14. The van der Waals surface area contributed by atoms with E-state index in [0.717, 1.165) is 6.07 Å². The summed E-state index contributed by atoms with van der Waals surface area (Å²) in [6.45, 7) is -0.0204. The molecule has 0 saturated carbocycles. The molecule has 2 aromatic rings. The first-order valence-electron chi connectivity index (χ1n) is 6.85. The third-order valence-corrected chi connectivity index (χ3v) is 5.92. The molecule has 0 unspecified atom stereocenters. The van der Waals surface area contributed by atoms with Crippen molar-refractivity contribution >= 4 is 58.9 Å². The van der Waals surface area contributed by atoms with Crippen molar-refractivity contribution in [1.29, 1.82) is 0 Å². The minimum atomic E-state index is -4.01. The van der Waals surface area contributed by atoms with Gasteiger partial charge in [-0.2, -0.15) is 0 Å². The summed E-state index contributed by atoms with van der Waals surface area (Å²) in [4.78, 5) is 10.3. The molecule has 25 heavy (non-hydrogen) atoms. The molecule has 0 amide bonds. The average molecular weight is 495 g/mol. The predicted molar refractivity (Wildman–Crippen MR) is 101 cm³/mol. The Bertz CT molecular complexity index is 905. The number of hydrogen-bond donors (Lipinski definition) is 3.